The van der Waals surface area contributed by atoms with Gasteiger partial charge in [0.25, 0.3) is 0 Å². The molecule has 3 aliphatic rings. The Hall–Kier alpha value is -4.61. The summed E-state index contributed by atoms with van der Waals surface area (Å²) in [5, 5.41) is 6.20. The average Bonchev–Trinajstić information content (AvgIpc) is 3.89. The molecule has 278 valence electrons. The second-order valence-corrected chi connectivity index (χ2v) is 14.1. The fraction of sp³-hybridized carbons (Fsp3) is 0.395. The summed E-state index contributed by atoms with van der Waals surface area (Å²) >= 11 is 0. The number of aromatic nitrogens is 3. The quantitative estimate of drug-likeness (QED) is 0.0761. The Morgan fingerprint density at radius 1 is 0.963 bits per heavy atom. The van der Waals surface area contributed by atoms with E-state index in [1.807, 2.05) is 39.8 Å². The number of Topliss-reactive ketones (excluding diaryl/α,β-unsaturated/α-hetero) is 1. The van der Waals surface area contributed by atoms with Crippen molar-refractivity contribution in [3.05, 3.63) is 102 Å². The van der Waals surface area contributed by atoms with Crippen LogP contribution in [0.2, 0.25) is 0 Å². The summed E-state index contributed by atoms with van der Waals surface area (Å²) in [6, 6.07) is 0. The van der Waals surface area contributed by atoms with Crippen LogP contribution in [0.25, 0.3) is 35.2 Å². The largest absolute Gasteiger partial charge is 2.00 e. The van der Waals surface area contributed by atoms with Gasteiger partial charge in [0.15, 0.2) is 5.78 Å². The number of hydrogen-bond donors (Lipinski definition) is 0. The van der Waals surface area contributed by atoms with Crippen LogP contribution in [0.3, 0.4) is 0 Å². The van der Waals surface area contributed by atoms with E-state index < -0.39 is 17.7 Å². The molecule has 10 nitrogen and oxygen atoms in total. The first-order valence-corrected chi connectivity index (χ1v) is 18.4. The Labute approximate surface area is 332 Å². The number of esters is 2. The maximum absolute atomic E-state index is 14.2. The molecular weight excluding hydrogens is 693 g/mol. The van der Waals surface area contributed by atoms with Gasteiger partial charge in [-0.05, 0) is 69.9 Å². The summed E-state index contributed by atoms with van der Waals surface area (Å²) in [4.78, 5) is 68.1. The molecule has 3 aromatic rings. The van der Waals surface area contributed by atoms with Gasteiger partial charge in [-0.1, -0.05) is 85.9 Å². The van der Waals surface area contributed by atoms with Gasteiger partial charge in [-0.15, -0.1) is 33.5 Å². The summed E-state index contributed by atoms with van der Waals surface area (Å²) in [6.45, 7) is 16.2. The Morgan fingerprint density at radius 2 is 1.69 bits per heavy atom. The first kappa shape index (κ1) is 40.6. The van der Waals surface area contributed by atoms with E-state index in [1.165, 1.54) is 12.7 Å². The zero-order chi connectivity index (χ0) is 38.1. The smallest absolute Gasteiger partial charge is 0.664 e. The Morgan fingerprint density at radius 3 is 2.35 bits per heavy atom. The van der Waals surface area contributed by atoms with E-state index in [2.05, 4.69) is 13.5 Å². The van der Waals surface area contributed by atoms with Crippen molar-refractivity contribution >= 4 is 76.9 Å². The van der Waals surface area contributed by atoms with Crippen molar-refractivity contribution in [3.8, 4) is 0 Å². The number of methoxy groups -OCH3 is 1. The molecule has 0 N–H and O–H groups in total. The number of unbranched alkanes of at least 4 members (excludes halogenated alkanes) is 1. The molecule has 0 unspecified atom stereocenters. The zero-order valence-electron chi connectivity index (χ0n) is 32.3. The van der Waals surface area contributed by atoms with E-state index in [4.69, 9.17) is 29.7 Å². The number of carbonyl (C=O) groups excluding carboxylic acids is 4. The van der Waals surface area contributed by atoms with Gasteiger partial charge in [0.2, 0.25) is 0 Å². The summed E-state index contributed by atoms with van der Waals surface area (Å²) in [5.74, 6) is -3.28. The molecule has 0 amide bonds. The molecule has 6 rings (SSSR count). The molecule has 5 heterocycles. The van der Waals surface area contributed by atoms with E-state index in [-0.39, 0.29) is 53.9 Å². The molecule has 0 aromatic carbocycles. The van der Waals surface area contributed by atoms with Crippen LogP contribution in [0.4, 0.5) is 0 Å². The predicted molar refractivity (Wildman–Crippen MR) is 210 cm³/mol. The monoisotopic (exact) mass is 738 g/mol. The van der Waals surface area contributed by atoms with Crippen LogP contribution < -0.4 is 25.7 Å². The Bertz CT molecular complexity index is 2240. The summed E-state index contributed by atoms with van der Waals surface area (Å²) in [6.07, 6.45) is 14.2. The first-order valence-electron chi connectivity index (χ1n) is 18.4. The van der Waals surface area contributed by atoms with Gasteiger partial charge in [0, 0.05) is 17.5 Å². The standard InChI is InChI=1S/C43H47N4O6.Mg/c1-9-12-13-22(4)16-17-53-36(49)15-14-28-24(6)31-18-30-23(5)26(10-2)33(44-30)20-35-29(21-48)27(11-3)34(45-35)19-32-25(7)37-41(47-32)38(40(28)46-31)39(42(37)50)43(51)52-8;/h10,16,18-21,24,28,39H,2,9,11-15,17H2,1,3-8H3,(H-,46,47,48,50);/q-3;+2/p-1/b22-16+,31-18-,35-20-;/t24-,28-,39+;/m0./s1. The maximum Gasteiger partial charge on any atom is 2.00 e. The maximum atomic E-state index is 14.2. The third kappa shape index (κ3) is 7.27. The second kappa shape index (κ2) is 16.8. The van der Waals surface area contributed by atoms with Gasteiger partial charge in [-0.25, -0.2) is 0 Å². The predicted octanol–water partition coefficient (Wildman–Crippen LogP) is 5.62. The van der Waals surface area contributed by atoms with Crippen molar-refractivity contribution in [2.75, 3.05) is 13.7 Å². The van der Waals surface area contributed by atoms with E-state index in [1.54, 1.807) is 25.2 Å². The Kier molecular flexibility index (Phi) is 12.6. The van der Waals surface area contributed by atoms with Crippen molar-refractivity contribution in [1.29, 1.82) is 0 Å². The van der Waals surface area contributed by atoms with Crippen LogP contribution in [0.1, 0.15) is 126 Å². The molecular formula is C43H46MgN4O6-2. The number of carbonyl (C=O) groups is 4. The van der Waals surface area contributed by atoms with Crippen LogP contribution >= 0.6 is 0 Å². The number of aldehydes is 1. The number of ketones is 1. The molecule has 8 bridgehead atoms. The van der Waals surface area contributed by atoms with Gasteiger partial charge in [-0.2, -0.15) is 11.4 Å². The van der Waals surface area contributed by atoms with Gasteiger partial charge in [0.1, 0.15) is 18.8 Å². The molecule has 11 heteroatoms. The molecule has 0 saturated carbocycles. The molecule has 2 aliphatic heterocycles. The summed E-state index contributed by atoms with van der Waals surface area (Å²) in [5.41, 5.74) is 8.79. The van der Waals surface area contributed by atoms with E-state index in [0.29, 0.717) is 80.0 Å². The fourth-order valence-electron chi connectivity index (χ4n) is 7.78. The number of hydrogen-bond acceptors (Lipinski definition) is 6. The third-order valence-electron chi connectivity index (χ3n) is 10.9. The Balaban J connectivity index is 0.00000561. The third-order valence-corrected chi connectivity index (χ3v) is 10.9. The number of ether oxygens (including phenoxy) is 2. The summed E-state index contributed by atoms with van der Waals surface area (Å²) < 4.78 is 10.8. The van der Waals surface area contributed by atoms with Crippen molar-refractivity contribution < 1.29 is 28.7 Å². The minimum Gasteiger partial charge on any atom is -0.664 e. The van der Waals surface area contributed by atoms with Crippen LogP contribution in [-0.4, -0.2) is 60.8 Å². The van der Waals surface area contributed by atoms with Crippen LogP contribution in [0.5, 0.6) is 0 Å². The van der Waals surface area contributed by atoms with E-state index >= 15 is 0 Å². The molecule has 1 saturated heterocycles. The van der Waals surface area contributed by atoms with Gasteiger partial charge < -0.3 is 29.7 Å². The van der Waals surface area contributed by atoms with Crippen LogP contribution in [0, 0.1) is 31.6 Å². The number of allylic oxidation sites excluding steroid dienone is 3. The van der Waals surface area contributed by atoms with Crippen molar-refractivity contribution in [1.82, 2.24) is 15.0 Å². The minimum absolute atomic E-state index is 0. The van der Waals surface area contributed by atoms with Crippen molar-refractivity contribution in [3.63, 3.8) is 0 Å². The van der Waals surface area contributed by atoms with Crippen LogP contribution in [-0.2, 0) is 25.5 Å². The average molecular weight is 739 g/mol. The molecule has 3 aromatic heterocycles. The fourth-order valence-corrected chi connectivity index (χ4v) is 7.78. The normalized spacial score (nSPS) is 22.2. The number of fused-ring (bicyclic) bond motifs is 7. The van der Waals surface area contributed by atoms with Gasteiger partial charge in [-0.3, -0.25) is 19.2 Å². The zero-order valence-corrected chi connectivity index (χ0v) is 33.7. The van der Waals surface area contributed by atoms with Crippen LogP contribution in [0.15, 0.2) is 29.6 Å². The van der Waals surface area contributed by atoms with Crippen molar-refractivity contribution in [2.24, 2.45) is 17.8 Å². The first-order chi connectivity index (χ1) is 25.5. The van der Waals surface area contributed by atoms with Gasteiger partial charge >= 0.3 is 35.0 Å². The molecule has 0 radical (unpaired) electrons. The number of nitrogens with zero attached hydrogens (tertiary/aromatic N) is 4. The molecule has 54 heavy (non-hydrogen) atoms. The SMILES string of the molecule is C=Cc1c2[n-]c(c1C)/C=C1\[N-]/C(=C3\c4[n-]c(c(C)c4C(=O)[C@@H]3C(=O)OC)/C=c3\[n-]/c(c(C=O)c3CC)=C\2)[C@@H](CCC(=O)OC/C=C(\C)CCCC)[C@@H]1C.[Mg+2]. The molecule has 1 aliphatic carbocycles. The van der Waals surface area contributed by atoms with E-state index in [0.717, 1.165) is 42.2 Å². The van der Waals surface area contributed by atoms with Crippen molar-refractivity contribution in [2.45, 2.75) is 80.1 Å². The minimum atomic E-state index is -1.26. The topological polar surface area (TPSA) is 143 Å². The van der Waals surface area contributed by atoms with E-state index in [9.17, 15) is 19.2 Å². The molecule has 3 atom stereocenters. The van der Waals surface area contributed by atoms with Gasteiger partial charge in [0.05, 0.1) is 7.11 Å². The second-order valence-electron chi connectivity index (χ2n) is 14.1. The summed E-state index contributed by atoms with van der Waals surface area (Å²) in [7, 11) is 1.26. The molecule has 0 spiro atoms. The molecule has 1 fully saturated rings. The number of rotatable bonds is 12.